The summed E-state index contributed by atoms with van der Waals surface area (Å²) in [5.41, 5.74) is 3.29. The number of nitrogens with zero attached hydrogens (tertiary/aromatic N) is 1. The van der Waals surface area contributed by atoms with Crippen molar-refractivity contribution < 1.29 is 9.53 Å². The molecule has 0 amide bonds. The number of hydrogen-bond donors (Lipinski definition) is 0. The largest absolute Gasteiger partial charge is 0.381 e. The lowest BCUT2D eigenvalue weighted by molar-refractivity contribution is -0.142. The molecule has 2 aliphatic heterocycles. The molecule has 1 aromatic carbocycles. The monoisotopic (exact) mass is 411 g/mol. The van der Waals surface area contributed by atoms with E-state index in [1.54, 1.807) is 0 Å². The number of fused-ring (bicyclic) bond motifs is 1. The summed E-state index contributed by atoms with van der Waals surface area (Å²) in [5.74, 6) is 2.87. The Balaban J connectivity index is 1.34. The Morgan fingerprint density at radius 3 is 2.38 bits per heavy atom. The summed E-state index contributed by atoms with van der Waals surface area (Å²) in [7, 11) is 0. The van der Waals surface area contributed by atoms with Crippen LogP contribution in [0.1, 0.15) is 68.9 Å². The second-order valence-electron chi connectivity index (χ2n) is 10.7. The van der Waals surface area contributed by atoms with Crippen LogP contribution in [0.2, 0.25) is 5.02 Å². The molecule has 1 spiro atoms. The fourth-order valence-corrected chi connectivity index (χ4v) is 7.89. The standard InChI is InChI=1S/C25H30ClNO2/c26-20-1-2-21-19(10-20)15-25(3-5-29-6-4-25)27-22(21)11-23(28)24-12-16-7-17(13-24)9-18(8-16)14-24/h1-2,10,16-18H,3-9,11-15H2. The van der Waals surface area contributed by atoms with Crippen LogP contribution in [-0.4, -0.2) is 30.2 Å². The Bertz CT molecular complexity index is 848. The smallest absolute Gasteiger partial charge is 0.145 e. The van der Waals surface area contributed by atoms with Crippen molar-refractivity contribution in [2.24, 2.45) is 28.2 Å². The summed E-state index contributed by atoms with van der Waals surface area (Å²) >= 11 is 6.34. The third-order valence-electron chi connectivity index (χ3n) is 8.65. The maximum Gasteiger partial charge on any atom is 0.145 e. The molecule has 0 N–H and O–H groups in total. The highest BCUT2D eigenvalue weighted by atomic mass is 35.5. The molecule has 1 aromatic rings. The second kappa shape index (κ2) is 6.65. The van der Waals surface area contributed by atoms with E-state index in [1.165, 1.54) is 24.8 Å². The highest BCUT2D eigenvalue weighted by Gasteiger charge is 2.54. The molecular weight excluding hydrogens is 382 g/mol. The zero-order chi connectivity index (χ0) is 19.6. The normalized spacial score (nSPS) is 36.7. The van der Waals surface area contributed by atoms with Gasteiger partial charge in [0.2, 0.25) is 0 Å². The topological polar surface area (TPSA) is 38.7 Å². The van der Waals surface area contributed by atoms with Crippen LogP contribution in [0, 0.1) is 23.2 Å². The Morgan fingerprint density at radius 2 is 1.72 bits per heavy atom. The Morgan fingerprint density at radius 1 is 1.07 bits per heavy atom. The first-order valence-corrected chi connectivity index (χ1v) is 11.9. The maximum absolute atomic E-state index is 13.8. The van der Waals surface area contributed by atoms with Gasteiger partial charge < -0.3 is 4.74 Å². The fourth-order valence-electron chi connectivity index (χ4n) is 7.70. The van der Waals surface area contributed by atoms with E-state index in [4.69, 9.17) is 21.3 Å². The molecule has 4 bridgehead atoms. The molecule has 0 aromatic heterocycles. The number of rotatable bonds is 3. The number of Topliss-reactive ketones (excluding diaryl/α,β-unsaturated/α-hetero) is 1. The van der Waals surface area contributed by atoms with Gasteiger partial charge in [-0.2, -0.15) is 0 Å². The van der Waals surface area contributed by atoms with Crippen molar-refractivity contribution in [1.82, 2.24) is 0 Å². The number of halogens is 1. The number of ether oxygens (including phenoxy) is 1. The lowest BCUT2D eigenvalue weighted by Gasteiger charge is -2.56. The van der Waals surface area contributed by atoms with Gasteiger partial charge >= 0.3 is 0 Å². The number of benzene rings is 1. The lowest BCUT2D eigenvalue weighted by Crippen LogP contribution is -2.50. The molecule has 0 unspecified atom stereocenters. The van der Waals surface area contributed by atoms with Crippen LogP contribution in [0.4, 0.5) is 0 Å². The summed E-state index contributed by atoms with van der Waals surface area (Å²) in [6, 6.07) is 6.14. The minimum Gasteiger partial charge on any atom is -0.381 e. The molecule has 7 rings (SSSR count). The summed E-state index contributed by atoms with van der Waals surface area (Å²) in [6.45, 7) is 1.52. The van der Waals surface area contributed by atoms with Crippen molar-refractivity contribution in [3.05, 3.63) is 34.3 Å². The van der Waals surface area contributed by atoms with Crippen molar-refractivity contribution in [1.29, 1.82) is 0 Å². The molecule has 4 aliphatic carbocycles. The Kier molecular flexibility index (Phi) is 4.26. The molecule has 0 radical (unpaired) electrons. The summed E-state index contributed by atoms with van der Waals surface area (Å²) in [5, 5.41) is 0.777. The highest BCUT2D eigenvalue weighted by Crippen LogP contribution is 2.60. The van der Waals surface area contributed by atoms with E-state index in [9.17, 15) is 4.79 Å². The fraction of sp³-hybridized carbons (Fsp3) is 0.680. The average Bonchev–Trinajstić information content (AvgIpc) is 2.67. The second-order valence-corrected chi connectivity index (χ2v) is 11.1. The van der Waals surface area contributed by atoms with E-state index < -0.39 is 0 Å². The van der Waals surface area contributed by atoms with Crippen molar-refractivity contribution in [3.63, 3.8) is 0 Å². The molecule has 4 heteroatoms. The molecule has 5 fully saturated rings. The molecule has 0 atom stereocenters. The number of carbonyl (C=O) groups excluding carboxylic acids is 1. The molecular formula is C25H30ClNO2. The van der Waals surface area contributed by atoms with Crippen LogP contribution >= 0.6 is 11.6 Å². The van der Waals surface area contributed by atoms with Crippen LogP contribution in [0.15, 0.2) is 23.2 Å². The van der Waals surface area contributed by atoms with Gasteiger partial charge in [-0.1, -0.05) is 17.7 Å². The van der Waals surface area contributed by atoms with Gasteiger partial charge in [-0.15, -0.1) is 0 Å². The predicted molar refractivity (Wildman–Crippen MR) is 115 cm³/mol. The van der Waals surface area contributed by atoms with Gasteiger partial charge in [-0.05, 0) is 98.8 Å². The zero-order valence-corrected chi connectivity index (χ0v) is 17.8. The van der Waals surface area contributed by atoms with E-state index >= 15 is 0 Å². The van der Waals surface area contributed by atoms with Gasteiger partial charge in [0.1, 0.15) is 5.78 Å². The number of aliphatic imine (C=N–C) groups is 1. The highest BCUT2D eigenvalue weighted by molar-refractivity contribution is 6.30. The molecule has 2 heterocycles. The van der Waals surface area contributed by atoms with Crippen LogP contribution < -0.4 is 0 Å². The first kappa shape index (κ1) is 18.6. The SMILES string of the molecule is O=C(CC1=NC2(CCOCC2)Cc2cc(Cl)ccc21)C12CC3CC(CC(C3)C1)C2. The van der Waals surface area contributed by atoms with E-state index in [0.717, 1.165) is 85.8 Å². The zero-order valence-electron chi connectivity index (χ0n) is 17.1. The first-order valence-electron chi connectivity index (χ1n) is 11.5. The lowest BCUT2D eigenvalue weighted by atomic mass is 9.48. The number of hydrogen-bond acceptors (Lipinski definition) is 3. The van der Waals surface area contributed by atoms with E-state index in [-0.39, 0.29) is 11.0 Å². The van der Waals surface area contributed by atoms with Gasteiger partial charge in [0.05, 0.1) is 11.3 Å². The third kappa shape index (κ3) is 3.11. The molecule has 3 nitrogen and oxygen atoms in total. The summed E-state index contributed by atoms with van der Waals surface area (Å²) in [4.78, 5) is 19.1. The summed E-state index contributed by atoms with van der Waals surface area (Å²) < 4.78 is 5.63. The van der Waals surface area contributed by atoms with Gasteiger partial charge in [0.25, 0.3) is 0 Å². The van der Waals surface area contributed by atoms with Crippen molar-refractivity contribution >= 4 is 23.1 Å². The quantitative estimate of drug-likeness (QED) is 0.666. The minimum absolute atomic E-state index is 0.0514. The van der Waals surface area contributed by atoms with Crippen molar-refractivity contribution in [2.45, 2.75) is 69.7 Å². The van der Waals surface area contributed by atoms with Crippen molar-refractivity contribution in [2.75, 3.05) is 13.2 Å². The van der Waals surface area contributed by atoms with Crippen LogP contribution in [0.3, 0.4) is 0 Å². The molecule has 4 saturated carbocycles. The van der Waals surface area contributed by atoms with Gasteiger partial charge in [-0.3, -0.25) is 9.79 Å². The molecule has 29 heavy (non-hydrogen) atoms. The molecule has 1 saturated heterocycles. The minimum atomic E-state index is -0.104. The first-order chi connectivity index (χ1) is 14.0. The number of carbonyl (C=O) groups is 1. The van der Waals surface area contributed by atoms with Crippen molar-refractivity contribution in [3.8, 4) is 0 Å². The average molecular weight is 412 g/mol. The predicted octanol–water partition coefficient (Wildman–Crippen LogP) is 5.41. The third-order valence-corrected chi connectivity index (χ3v) is 8.89. The molecule has 6 aliphatic rings. The Labute approximate surface area is 178 Å². The Hall–Kier alpha value is -1.19. The van der Waals surface area contributed by atoms with E-state index in [1.807, 2.05) is 6.07 Å². The number of ketones is 1. The van der Waals surface area contributed by atoms with Gasteiger partial charge in [0, 0.05) is 30.1 Å². The summed E-state index contributed by atoms with van der Waals surface area (Å²) in [6.07, 6.45) is 10.8. The van der Waals surface area contributed by atoms with E-state index in [2.05, 4.69) is 12.1 Å². The van der Waals surface area contributed by atoms with Crippen LogP contribution in [0.5, 0.6) is 0 Å². The van der Waals surface area contributed by atoms with Crippen LogP contribution in [-0.2, 0) is 16.0 Å². The maximum atomic E-state index is 13.8. The van der Waals surface area contributed by atoms with Gasteiger partial charge in [0.15, 0.2) is 0 Å². The van der Waals surface area contributed by atoms with Gasteiger partial charge in [-0.25, -0.2) is 0 Å². The van der Waals surface area contributed by atoms with Crippen LogP contribution in [0.25, 0.3) is 0 Å². The molecule has 154 valence electrons. The van der Waals surface area contributed by atoms with E-state index in [0.29, 0.717) is 12.2 Å².